The maximum absolute atomic E-state index is 11.8. The zero-order valence-corrected chi connectivity index (χ0v) is 18.3. The summed E-state index contributed by atoms with van der Waals surface area (Å²) in [5.41, 5.74) is 2.64. The summed E-state index contributed by atoms with van der Waals surface area (Å²) in [6.45, 7) is 16.5. The fraction of sp³-hybridized carbons (Fsp3) is 0.667. The van der Waals surface area contributed by atoms with Crippen molar-refractivity contribution in [1.29, 1.82) is 0 Å². The van der Waals surface area contributed by atoms with Crippen molar-refractivity contribution >= 4 is 14.3 Å². The van der Waals surface area contributed by atoms with Crippen molar-refractivity contribution in [2.45, 2.75) is 77.4 Å². The van der Waals surface area contributed by atoms with Gasteiger partial charge in [-0.25, -0.2) is 0 Å². The minimum atomic E-state index is -1.98. The SMILES string of the molecule is CCOC(=O)CC1COc2cc(O[Si](C(C)C)(C(C)C)C(C)C)ccc21. The highest BCUT2D eigenvalue weighted by Gasteiger charge is 2.47. The predicted molar refractivity (Wildman–Crippen MR) is 108 cm³/mol. The molecule has 2 rings (SSSR count). The van der Waals surface area contributed by atoms with Gasteiger partial charge in [0.25, 0.3) is 8.32 Å². The summed E-state index contributed by atoms with van der Waals surface area (Å²) < 4.78 is 17.7. The standard InChI is InChI=1S/C21H34O4Si/c1-8-23-21(22)11-17-13-24-20-12-18(9-10-19(17)20)25-26(14(2)3,15(4)5)16(6)7/h9-10,12,14-17H,8,11,13H2,1-7H3. The van der Waals surface area contributed by atoms with Crippen LogP contribution in [0.1, 0.15) is 66.4 Å². The zero-order valence-electron chi connectivity index (χ0n) is 17.3. The smallest absolute Gasteiger partial charge is 0.306 e. The van der Waals surface area contributed by atoms with Crippen molar-refractivity contribution < 1.29 is 18.7 Å². The highest BCUT2D eigenvalue weighted by molar-refractivity contribution is 6.78. The molecule has 1 aromatic rings. The maximum Gasteiger partial charge on any atom is 0.306 e. The molecule has 0 bridgehead atoms. The second kappa shape index (κ2) is 8.46. The first kappa shape index (κ1) is 20.8. The van der Waals surface area contributed by atoms with Gasteiger partial charge in [0.15, 0.2) is 0 Å². The summed E-state index contributed by atoms with van der Waals surface area (Å²) in [7, 11) is -1.98. The van der Waals surface area contributed by atoms with E-state index < -0.39 is 8.32 Å². The molecule has 26 heavy (non-hydrogen) atoms. The summed E-state index contributed by atoms with van der Waals surface area (Å²) in [5.74, 6) is 1.64. The van der Waals surface area contributed by atoms with Crippen LogP contribution < -0.4 is 9.16 Å². The lowest BCUT2D eigenvalue weighted by Gasteiger charge is -2.42. The normalized spacial score (nSPS) is 16.8. The van der Waals surface area contributed by atoms with E-state index in [4.69, 9.17) is 13.9 Å². The minimum absolute atomic E-state index is 0.0698. The maximum atomic E-state index is 11.8. The van der Waals surface area contributed by atoms with Crippen LogP contribution in [0.15, 0.2) is 18.2 Å². The molecule has 0 amide bonds. The van der Waals surface area contributed by atoms with Gasteiger partial charge in [-0.1, -0.05) is 47.6 Å². The van der Waals surface area contributed by atoms with E-state index in [9.17, 15) is 4.79 Å². The number of hydrogen-bond donors (Lipinski definition) is 0. The van der Waals surface area contributed by atoms with E-state index in [0.29, 0.717) is 36.3 Å². The van der Waals surface area contributed by atoms with Crippen LogP contribution in [0.2, 0.25) is 16.6 Å². The molecule has 1 unspecified atom stereocenters. The number of fused-ring (bicyclic) bond motifs is 1. The van der Waals surface area contributed by atoms with Gasteiger partial charge in [0.05, 0.1) is 19.6 Å². The van der Waals surface area contributed by atoms with Gasteiger partial charge in [-0.15, -0.1) is 0 Å². The number of hydrogen-bond acceptors (Lipinski definition) is 4. The Kier molecular flexibility index (Phi) is 6.78. The van der Waals surface area contributed by atoms with E-state index >= 15 is 0 Å². The third-order valence-electron chi connectivity index (χ3n) is 5.59. The molecule has 5 heteroatoms. The van der Waals surface area contributed by atoms with Gasteiger partial charge in [-0.05, 0) is 29.6 Å². The van der Waals surface area contributed by atoms with Crippen molar-refractivity contribution in [3.05, 3.63) is 23.8 Å². The highest BCUT2D eigenvalue weighted by Crippen LogP contribution is 2.45. The molecule has 0 saturated heterocycles. The Morgan fingerprint density at radius 1 is 1.15 bits per heavy atom. The van der Waals surface area contributed by atoms with Crippen LogP contribution in [-0.4, -0.2) is 27.5 Å². The van der Waals surface area contributed by atoms with Gasteiger partial charge in [0.1, 0.15) is 11.5 Å². The van der Waals surface area contributed by atoms with E-state index in [2.05, 4.69) is 47.6 Å². The van der Waals surface area contributed by atoms with E-state index in [1.54, 1.807) is 0 Å². The average Bonchev–Trinajstić information content (AvgIpc) is 2.94. The number of rotatable bonds is 8. The summed E-state index contributed by atoms with van der Waals surface area (Å²) in [6.07, 6.45) is 0.365. The number of ether oxygens (including phenoxy) is 2. The molecule has 1 aliphatic rings. The quantitative estimate of drug-likeness (QED) is 0.432. The van der Waals surface area contributed by atoms with Crippen molar-refractivity contribution in [3.8, 4) is 11.5 Å². The summed E-state index contributed by atoms with van der Waals surface area (Å²) in [4.78, 5) is 11.8. The Bertz CT molecular complexity index is 603. The molecule has 0 saturated carbocycles. The van der Waals surface area contributed by atoms with E-state index in [1.165, 1.54) is 0 Å². The van der Waals surface area contributed by atoms with Crippen LogP contribution >= 0.6 is 0 Å². The lowest BCUT2D eigenvalue weighted by Crippen LogP contribution is -2.50. The second-order valence-electron chi connectivity index (χ2n) is 8.14. The van der Waals surface area contributed by atoms with Gasteiger partial charge in [-0.3, -0.25) is 4.79 Å². The molecule has 1 atom stereocenters. The largest absolute Gasteiger partial charge is 0.543 e. The molecule has 1 aliphatic heterocycles. The van der Waals surface area contributed by atoms with Gasteiger partial charge in [-0.2, -0.15) is 0 Å². The topological polar surface area (TPSA) is 44.8 Å². The number of benzene rings is 1. The molecule has 0 aromatic heterocycles. The molecule has 0 N–H and O–H groups in total. The molecule has 1 aromatic carbocycles. The Morgan fingerprint density at radius 2 is 1.77 bits per heavy atom. The molecule has 1 heterocycles. The Balaban J connectivity index is 2.22. The fourth-order valence-electron chi connectivity index (χ4n) is 4.47. The van der Waals surface area contributed by atoms with E-state index in [0.717, 1.165) is 17.1 Å². The monoisotopic (exact) mass is 378 g/mol. The Hall–Kier alpha value is -1.49. The first-order chi connectivity index (χ1) is 12.2. The lowest BCUT2D eigenvalue weighted by molar-refractivity contribution is -0.143. The predicted octanol–water partition coefficient (Wildman–Crippen LogP) is 5.67. The molecule has 146 valence electrons. The second-order valence-corrected chi connectivity index (χ2v) is 13.5. The zero-order chi connectivity index (χ0) is 19.5. The molecule has 0 spiro atoms. The first-order valence-electron chi connectivity index (χ1n) is 9.83. The van der Waals surface area contributed by atoms with E-state index in [-0.39, 0.29) is 11.9 Å². The fourth-order valence-corrected chi connectivity index (χ4v) is 9.71. The average molecular weight is 379 g/mol. The Labute approximate surface area is 159 Å². The van der Waals surface area contributed by atoms with Crippen molar-refractivity contribution in [3.63, 3.8) is 0 Å². The van der Waals surface area contributed by atoms with Gasteiger partial charge >= 0.3 is 5.97 Å². The molecular formula is C21H34O4Si. The summed E-state index contributed by atoms with van der Waals surface area (Å²) in [5, 5.41) is 0. The van der Waals surface area contributed by atoms with E-state index in [1.807, 2.05) is 19.1 Å². The molecule has 0 radical (unpaired) electrons. The van der Waals surface area contributed by atoms with Crippen LogP contribution in [-0.2, 0) is 9.53 Å². The summed E-state index contributed by atoms with van der Waals surface area (Å²) >= 11 is 0. The van der Waals surface area contributed by atoms with Crippen LogP contribution in [0.5, 0.6) is 11.5 Å². The molecule has 0 fully saturated rings. The number of carbonyl (C=O) groups excluding carboxylic acids is 1. The summed E-state index contributed by atoms with van der Waals surface area (Å²) in [6, 6.07) is 6.11. The van der Waals surface area contributed by atoms with Crippen molar-refractivity contribution in [1.82, 2.24) is 0 Å². The molecular weight excluding hydrogens is 344 g/mol. The van der Waals surface area contributed by atoms with Gasteiger partial charge < -0.3 is 13.9 Å². The van der Waals surface area contributed by atoms with Crippen LogP contribution in [0.4, 0.5) is 0 Å². The lowest BCUT2D eigenvalue weighted by atomic mass is 9.98. The van der Waals surface area contributed by atoms with Crippen molar-refractivity contribution in [2.24, 2.45) is 0 Å². The molecule has 0 aliphatic carbocycles. The third kappa shape index (κ3) is 4.08. The Morgan fingerprint density at radius 3 is 2.31 bits per heavy atom. The van der Waals surface area contributed by atoms with Crippen LogP contribution in [0.3, 0.4) is 0 Å². The van der Waals surface area contributed by atoms with Gasteiger partial charge in [0, 0.05) is 17.5 Å². The number of esters is 1. The van der Waals surface area contributed by atoms with Crippen LogP contribution in [0, 0.1) is 0 Å². The van der Waals surface area contributed by atoms with Crippen LogP contribution in [0.25, 0.3) is 0 Å². The minimum Gasteiger partial charge on any atom is -0.543 e. The highest BCUT2D eigenvalue weighted by atomic mass is 28.4. The van der Waals surface area contributed by atoms with Crippen molar-refractivity contribution in [2.75, 3.05) is 13.2 Å². The first-order valence-corrected chi connectivity index (χ1v) is 12.0. The van der Waals surface area contributed by atoms with Gasteiger partial charge in [0.2, 0.25) is 0 Å². The number of carbonyl (C=O) groups is 1. The third-order valence-corrected chi connectivity index (χ3v) is 11.6. The molecule has 4 nitrogen and oxygen atoms in total.